The number of benzene rings is 2. The van der Waals surface area contributed by atoms with E-state index in [4.69, 9.17) is 14.2 Å². The van der Waals surface area contributed by atoms with Crippen molar-refractivity contribution in [2.45, 2.75) is 52.5 Å². The Morgan fingerprint density at radius 1 is 0.950 bits per heavy atom. The van der Waals surface area contributed by atoms with Gasteiger partial charge < -0.3 is 24.2 Å². The minimum Gasteiger partial charge on any atom is -0.507 e. The molecule has 2 heterocycles. The summed E-state index contributed by atoms with van der Waals surface area (Å²) >= 11 is 0. The molecule has 4 rings (SSSR count). The van der Waals surface area contributed by atoms with Gasteiger partial charge in [0.2, 0.25) is 0 Å². The van der Waals surface area contributed by atoms with E-state index in [1.54, 1.807) is 17.0 Å². The number of carbonyl (C=O) groups is 2. The second-order valence-corrected chi connectivity index (χ2v) is 10.4. The maximum atomic E-state index is 13.4. The highest BCUT2D eigenvalue weighted by Gasteiger charge is 2.46. The Balaban J connectivity index is 1.66. The van der Waals surface area contributed by atoms with Crippen LogP contribution in [0.3, 0.4) is 0 Å². The van der Waals surface area contributed by atoms with Gasteiger partial charge in [-0.15, -0.1) is 0 Å². The average molecular weight is 551 g/mol. The van der Waals surface area contributed by atoms with Gasteiger partial charge in [0.05, 0.1) is 38.0 Å². The molecule has 2 aromatic rings. The molecule has 2 aliphatic heterocycles. The van der Waals surface area contributed by atoms with E-state index in [-0.39, 0.29) is 11.3 Å². The van der Waals surface area contributed by atoms with Crippen molar-refractivity contribution in [3.63, 3.8) is 0 Å². The van der Waals surface area contributed by atoms with Crippen LogP contribution in [0.2, 0.25) is 0 Å². The Morgan fingerprint density at radius 2 is 1.62 bits per heavy atom. The average Bonchev–Trinajstić information content (AvgIpc) is 3.22. The van der Waals surface area contributed by atoms with E-state index < -0.39 is 17.7 Å². The van der Waals surface area contributed by atoms with Crippen molar-refractivity contribution in [3.8, 4) is 11.5 Å². The van der Waals surface area contributed by atoms with E-state index >= 15 is 0 Å². The number of aliphatic hydroxyl groups is 1. The Morgan fingerprint density at radius 3 is 2.27 bits per heavy atom. The molecule has 8 heteroatoms. The molecule has 1 unspecified atom stereocenters. The molecule has 2 aliphatic rings. The molecule has 2 aromatic carbocycles. The minimum absolute atomic E-state index is 0.102. The molecule has 216 valence electrons. The van der Waals surface area contributed by atoms with Gasteiger partial charge >= 0.3 is 0 Å². The SMILES string of the molecule is CCCCOc1ccc(C2/C(=C(\O)c3ccc(OCCCC)c(C)c3)C(=O)C(=O)N2CCN2CCOCC2)cc1. The monoisotopic (exact) mass is 550 g/mol. The molecule has 2 saturated heterocycles. The van der Waals surface area contributed by atoms with Crippen LogP contribution in [0, 0.1) is 6.92 Å². The number of ketones is 1. The zero-order chi connectivity index (χ0) is 28.5. The summed E-state index contributed by atoms with van der Waals surface area (Å²) in [6.45, 7) is 11.2. The molecule has 0 bridgehead atoms. The first-order valence-corrected chi connectivity index (χ1v) is 14.5. The lowest BCUT2D eigenvalue weighted by atomic mass is 9.94. The maximum absolute atomic E-state index is 13.4. The van der Waals surface area contributed by atoms with Crippen LogP contribution in [0.1, 0.15) is 62.3 Å². The standard InChI is InChI=1S/C32H42N2O6/c1-4-6-18-39-26-11-8-24(9-12-26)29-28(30(35)25-10-13-27(23(3)22-25)40-19-7-5-2)31(36)32(37)34(29)15-14-33-16-20-38-21-17-33/h8-13,22,29,35H,4-7,14-21H2,1-3H3/b30-28+. The molecule has 8 nitrogen and oxygen atoms in total. The first kappa shape index (κ1) is 29.6. The molecule has 1 amide bonds. The summed E-state index contributed by atoms with van der Waals surface area (Å²) in [5, 5.41) is 11.5. The largest absolute Gasteiger partial charge is 0.507 e. The van der Waals surface area contributed by atoms with Gasteiger partial charge in [-0.1, -0.05) is 38.8 Å². The Kier molecular flexibility index (Phi) is 10.6. The summed E-state index contributed by atoms with van der Waals surface area (Å²) in [6.07, 6.45) is 4.00. The van der Waals surface area contributed by atoms with Gasteiger partial charge in [-0.3, -0.25) is 14.5 Å². The van der Waals surface area contributed by atoms with Crippen molar-refractivity contribution in [3.05, 3.63) is 64.7 Å². The lowest BCUT2D eigenvalue weighted by Gasteiger charge is -2.31. The van der Waals surface area contributed by atoms with Crippen LogP contribution in [0.15, 0.2) is 48.0 Å². The number of unbranched alkanes of at least 4 members (excludes halogenated alkanes) is 2. The summed E-state index contributed by atoms with van der Waals surface area (Å²) in [5.41, 5.74) is 2.19. The van der Waals surface area contributed by atoms with Gasteiger partial charge in [-0.05, 0) is 61.2 Å². The van der Waals surface area contributed by atoms with Crippen molar-refractivity contribution in [2.75, 3.05) is 52.6 Å². The summed E-state index contributed by atoms with van der Waals surface area (Å²) in [6, 6.07) is 12.1. The molecule has 2 fully saturated rings. The fraction of sp³-hybridized carbons (Fsp3) is 0.500. The number of amides is 1. The van der Waals surface area contributed by atoms with Crippen LogP contribution in [0.5, 0.6) is 11.5 Å². The Hall–Kier alpha value is -3.36. The topological polar surface area (TPSA) is 88.5 Å². The number of ether oxygens (including phenoxy) is 3. The molecule has 40 heavy (non-hydrogen) atoms. The van der Waals surface area contributed by atoms with Crippen LogP contribution in [0.25, 0.3) is 5.76 Å². The number of hydrogen-bond acceptors (Lipinski definition) is 7. The second kappa shape index (κ2) is 14.3. The number of aliphatic hydroxyl groups excluding tert-OH is 1. The third kappa shape index (κ3) is 7.04. The van der Waals surface area contributed by atoms with Crippen LogP contribution in [-0.4, -0.2) is 79.2 Å². The highest BCUT2D eigenvalue weighted by atomic mass is 16.5. The summed E-state index contributed by atoms with van der Waals surface area (Å²) in [5.74, 6) is 0.0274. The molecule has 1 atom stereocenters. The number of morpholine rings is 1. The molecule has 0 aromatic heterocycles. The summed E-state index contributed by atoms with van der Waals surface area (Å²) < 4.78 is 17.1. The summed E-state index contributed by atoms with van der Waals surface area (Å²) in [4.78, 5) is 30.6. The number of hydrogen-bond donors (Lipinski definition) is 1. The summed E-state index contributed by atoms with van der Waals surface area (Å²) in [7, 11) is 0. The van der Waals surface area contributed by atoms with Crippen molar-refractivity contribution in [1.82, 2.24) is 9.80 Å². The molecule has 0 aliphatic carbocycles. The number of nitrogens with zero attached hydrogens (tertiary/aromatic N) is 2. The van der Waals surface area contributed by atoms with Crippen LogP contribution in [-0.2, 0) is 14.3 Å². The lowest BCUT2D eigenvalue weighted by Crippen LogP contribution is -2.42. The first-order chi connectivity index (χ1) is 19.4. The number of aryl methyl sites for hydroxylation is 1. The Bertz CT molecular complexity index is 1190. The highest BCUT2D eigenvalue weighted by molar-refractivity contribution is 6.46. The van der Waals surface area contributed by atoms with Gasteiger partial charge in [0, 0.05) is 31.7 Å². The molecule has 0 saturated carbocycles. The van der Waals surface area contributed by atoms with E-state index in [0.717, 1.165) is 61.4 Å². The number of Topliss-reactive ketones (excluding diaryl/α,β-unsaturated/α-hetero) is 1. The van der Waals surface area contributed by atoms with E-state index in [1.165, 1.54) is 0 Å². The van der Waals surface area contributed by atoms with Crippen LogP contribution >= 0.6 is 0 Å². The zero-order valence-electron chi connectivity index (χ0n) is 24.0. The van der Waals surface area contributed by atoms with Crippen molar-refractivity contribution < 1.29 is 28.9 Å². The number of rotatable bonds is 13. The normalized spacial score (nSPS) is 19.3. The molecular formula is C32H42N2O6. The number of likely N-dealkylation sites (tertiary alicyclic amines) is 1. The molecule has 1 N–H and O–H groups in total. The maximum Gasteiger partial charge on any atom is 0.295 e. The second-order valence-electron chi connectivity index (χ2n) is 10.4. The van der Waals surface area contributed by atoms with E-state index in [0.29, 0.717) is 45.1 Å². The van der Waals surface area contributed by atoms with Crippen LogP contribution in [0.4, 0.5) is 0 Å². The van der Waals surface area contributed by atoms with Crippen LogP contribution < -0.4 is 9.47 Å². The fourth-order valence-corrected chi connectivity index (χ4v) is 5.05. The van der Waals surface area contributed by atoms with Crippen molar-refractivity contribution in [1.29, 1.82) is 0 Å². The van der Waals surface area contributed by atoms with Gasteiger partial charge in [0.25, 0.3) is 11.7 Å². The van der Waals surface area contributed by atoms with E-state index in [2.05, 4.69) is 18.7 Å². The predicted octanol–water partition coefficient (Wildman–Crippen LogP) is 5.11. The lowest BCUT2D eigenvalue weighted by molar-refractivity contribution is -0.140. The Labute approximate surface area is 237 Å². The fourth-order valence-electron chi connectivity index (χ4n) is 5.05. The quantitative estimate of drug-likeness (QED) is 0.161. The van der Waals surface area contributed by atoms with Gasteiger partial charge in [-0.25, -0.2) is 0 Å². The van der Waals surface area contributed by atoms with Crippen molar-refractivity contribution in [2.24, 2.45) is 0 Å². The third-order valence-corrected chi connectivity index (χ3v) is 7.47. The third-order valence-electron chi connectivity index (χ3n) is 7.47. The predicted molar refractivity (Wildman–Crippen MR) is 155 cm³/mol. The number of carbonyl (C=O) groups excluding carboxylic acids is 2. The van der Waals surface area contributed by atoms with E-state index in [1.807, 2.05) is 37.3 Å². The molecule has 0 spiro atoms. The van der Waals surface area contributed by atoms with Gasteiger partial charge in [0.1, 0.15) is 17.3 Å². The minimum atomic E-state index is -0.702. The molecule has 0 radical (unpaired) electrons. The van der Waals surface area contributed by atoms with E-state index in [9.17, 15) is 14.7 Å². The van der Waals surface area contributed by atoms with Gasteiger partial charge in [0.15, 0.2) is 0 Å². The van der Waals surface area contributed by atoms with Gasteiger partial charge in [-0.2, -0.15) is 0 Å². The first-order valence-electron chi connectivity index (χ1n) is 14.5. The molecular weight excluding hydrogens is 508 g/mol. The zero-order valence-corrected chi connectivity index (χ0v) is 24.0. The smallest absolute Gasteiger partial charge is 0.295 e. The van der Waals surface area contributed by atoms with Crippen molar-refractivity contribution >= 4 is 17.4 Å². The highest BCUT2D eigenvalue weighted by Crippen LogP contribution is 2.40.